The Labute approximate surface area is 132 Å². The van der Waals surface area contributed by atoms with E-state index >= 15 is 0 Å². The van der Waals surface area contributed by atoms with Gasteiger partial charge in [0.25, 0.3) is 0 Å². The van der Waals surface area contributed by atoms with Crippen LogP contribution in [0.2, 0.25) is 0 Å². The number of nitrogens with two attached hydrogens (primary N) is 1. The lowest BCUT2D eigenvalue weighted by Crippen LogP contribution is -2.45. The summed E-state index contributed by atoms with van der Waals surface area (Å²) in [5, 5.41) is 0. The van der Waals surface area contributed by atoms with Gasteiger partial charge in [-0.15, -0.1) is 23.5 Å². The number of aldehydes is 1. The molecule has 1 unspecified atom stereocenters. The van der Waals surface area contributed by atoms with Crippen LogP contribution >= 0.6 is 23.5 Å². The maximum atomic E-state index is 12.9. The molecule has 0 aliphatic heterocycles. The molecule has 0 saturated heterocycles. The summed E-state index contributed by atoms with van der Waals surface area (Å²) in [5.74, 6) is -1.07. The third kappa shape index (κ3) is 4.21. The number of hydrogen-bond acceptors (Lipinski definition) is 6. The van der Waals surface area contributed by atoms with E-state index in [2.05, 4.69) is 0 Å². The fourth-order valence-corrected chi connectivity index (χ4v) is 2.77. The zero-order valence-corrected chi connectivity index (χ0v) is 13.7. The van der Waals surface area contributed by atoms with Crippen LogP contribution in [0.15, 0.2) is 24.3 Å². The molecule has 7 heteroatoms. The maximum Gasteiger partial charge on any atom is 0.330 e. The highest BCUT2D eigenvalue weighted by atomic mass is 32.2. The summed E-state index contributed by atoms with van der Waals surface area (Å²) in [6.45, 7) is 1.41. The van der Waals surface area contributed by atoms with Gasteiger partial charge in [0.1, 0.15) is 24.2 Å². The van der Waals surface area contributed by atoms with Crippen molar-refractivity contribution in [1.82, 2.24) is 0 Å². The van der Waals surface area contributed by atoms with E-state index in [1.54, 1.807) is 12.5 Å². The second kappa shape index (κ2) is 7.29. The van der Waals surface area contributed by atoms with Crippen LogP contribution in [0, 0.1) is 5.82 Å². The predicted molar refractivity (Wildman–Crippen MR) is 84.7 cm³/mol. The third-order valence-electron chi connectivity index (χ3n) is 3.14. The van der Waals surface area contributed by atoms with Crippen LogP contribution in [-0.2, 0) is 19.9 Å². The molecule has 0 aliphatic carbocycles. The van der Waals surface area contributed by atoms with Gasteiger partial charge in [0.15, 0.2) is 4.08 Å². The predicted octanol–water partition coefficient (Wildman–Crippen LogP) is 2.16. The molecule has 21 heavy (non-hydrogen) atoms. The largest absolute Gasteiger partial charge is 0.461 e. The van der Waals surface area contributed by atoms with E-state index in [9.17, 15) is 14.0 Å². The monoisotopic (exact) mass is 331 g/mol. The highest BCUT2D eigenvalue weighted by Crippen LogP contribution is 2.32. The van der Waals surface area contributed by atoms with Crippen molar-refractivity contribution in [2.24, 2.45) is 5.73 Å². The minimum Gasteiger partial charge on any atom is -0.461 e. The van der Waals surface area contributed by atoms with Gasteiger partial charge in [0.2, 0.25) is 0 Å². The molecule has 0 spiro atoms. The van der Waals surface area contributed by atoms with Gasteiger partial charge < -0.3 is 15.3 Å². The summed E-state index contributed by atoms with van der Waals surface area (Å²) < 4.78 is 17.3. The van der Waals surface area contributed by atoms with Crippen LogP contribution < -0.4 is 5.73 Å². The second-order valence-corrected chi connectivity index (χ2v) is 7.16. The van der Waals surface area contributed by atoms with Crippen LogP contribution in [0.5, 0.6) is 0 Å². The Morgan fingerprint density at radius 3 is 2.29 bits per heavy atom. The van der Waals surface area contributed by atoms with Gasteiger partial charge in [0, 0.05) is 0 Å². The summed E-state index contributed by atoms with van der Waals surface area (Å²) in [6.07, 6.45) is 4.28. The standard InChI is InChI=1S/C14H18FNO3S2/c1-13(16,10-4-6-11(15)7-5-10)12(18)19-9-14(8-17,20-2)21-3/h4-8H,9,16H2,1-3H3. The summed E-state index contributed by atoms with van der Waals surface area (Å²) in [5.41, 5.74) is 5.03. The van der Waals surface area contributed by atoms with Gasteiger partial charge in [0.05, 0.1) is 0 Å². The van der Waals surface area contributed by atoms with E-state index in [1.807, 2.05) is 0 Å². The Morgan fingerprint density at radius 2 is 1.86 bits per heavy atom. The number of benzene rings is 1. The first-order chi connectivity index (χ1) is 9.81. The molecule has 1 atom stereocenters. The number of ether oxygens (including phenoxy) is 1. The minimum absolute atomic E-state index is 0.0777. The van der Waals surface area contributed by atoms with Crippen molar-refractivity contribution >= 4 is 35.8 Å². The van der Waals surface area contributed by atoms with Crippen molar-refractivity contribution < 1.29 is 18.7 Å². The normalized spacial score (nSPS) is 14.3. The lowest BCUT2D eigenvalue weighted by Gasteiger charge is -2.27. The molecule has 1 rings (SSSR count). The molecule has 0 aromatic heterocycles. The molecule has 0 heterocycles. The maximum absolute atomic E-state index is 12.9. The molecule has 0 fully saturated rings. The first kappa shape index (κ1) is 18.0. The Morgan fingerprint density at radius 1 is 1.33 bits per heavy atom. The lowest BCUT2D eigenvalue weighted by molar-refractivity contribution is -0.150. The van der Waals surface area contributed by atoms with E-state index in [1.165, 1.54) is 54.7 Å². The molecule has 0 bridgehead atoms. The Balaban J connectivity index is 2.82. The number of thioether (sulfide) groups is 2. The summed E-state index contributed by atoms with van der Waals surface area (Å²) in [7, 11) is 0. The fourth-order valence-electron chi connectivity index (χ4n) is 1.56. The molecule has 2 N–H and O–H groups in total. The smallest absolute Gasteiger partial charge is 0.330 e. The zero-order chi connectivity index (χ0) is 16.1. The number of carbonyl (C=O) groups is 2. The molecule has 0 radical (unpaired) electrons. The van der Waals surface area contributed by atoms with Gasteiger partial charge in [-0.2, -0.15) is 0 Å². The van der Waals surface area contributed by atoms with Gasteiger partial charge in [-0.05, 0) is 37.1 Å². The van der Waals surface area contributed by atoms with Crippen LogP contribution in [0.3, 0.4) is 0 Å². The first-order valence-corrected chi connectivity index (χ1v) is 8.55. The van der Waals surface area contributed by atoms with Crippen molar-refractivity contribution in [3.63, 3.8) is 0 Å². The SMILES string of the molecule is CSC(C=O)(COC(=O)C(C)(N)c1ccc(F)cc1)SC. The van der Waals surface area contributed by atoms with Gasteiger partial charge in [-0.25, -0.2) is 9.18 Å². The van der Waals surface area contributed by atoms with E-state index in [4.69, 9.17) is 10.5 Å². The summed E-state index contributed by atoms with van der Waals surface area (Å²) in [4.78, 5) is 23.3. The van der Waals surface area contributed by atoms with Crippen molar-refractivity contribution in [2.45, 2.75) is 16.5 Å². The van der Waals surface area contributed by atoms with Crippen LogP contribution in [-0.4, -0.2) is 35.5 Å². The summed E-state index contributed by atoms with van der Waals surface area (Å²) >= 11 is 2.59. The first-order valence-electron chi connectivity index (χ1n) is 6.10. The number of rotatable bonds is 7. The van der Waals surface area contributed by atoms with E-state index < -0.39 is 21.4 Å². The second-order valence-electron chi connectivity index (χ2n) is 4.62. The lowest BCUT2D eigenvalue weighted by atomic mass is 9.93. The molecule has 1 aromatic rings. The number of halogens is 1. The minimum atomic E-state index is -1.40. The fraction of sp³-hybridized carbons (Fsp3) is 0.429. The van der Waals surface area contributed by atoms with E-state index in [0.29, 0.717) is 5.56 Å². The number of esters is 1. The van der Waals surface area contributed by atoms with E-state index in [0.717, 1.165) is 6.29 Å². The highest BCUT2D eigenvalue weighted by molar-refractivity contribution is 8.18. The van der Waals surface area contributed by atoms with Crippen LogP contribution in [0.4, 0.5) is 4.39 Å². The zero-order valence-electron chi connectivity index (χ0n) is 12.1. The highest BCUT2D eigenvalue weighted by Gasteiger charge is 2.36. The van der Waals surface area contributed by atoms with Crippen molar-refractivity contribution in [3.05, 3.63) is 35.6 Å². The molecule has 0 amide bonds. The molecular weight excluding hydrogens is 313 g/mol. The van der Waals surface area contributed by atoms with Gasteiger partial charge in [-0.3, -0.25) is 0 Å². The molecule has 0 aliphatic rings. The van der Waals surface area contributed by atoms with Gasteiger partial charge >= 0.3 is 5.97 Å². The van der Waals surface area contributed by atoms with Gasteiger partial charge in [-0.1, -0.05) is 12.1 Å². The van der Waals surface area contributed by atoms with Crippen molar-refractivity contribution in [2.75, 3.05) is 19.1 Å². The number of carbonyl (C=O) groups excluding carboxylic acids is 2. The summed E-state index contributed by atoms with van der Waals surface area (Å²) in [6, 6.07) is 5.33. The topological polar surface area (TPSA) is 69.4 Å². The average molecular weight is 331 g/mol. The quantitative estimate of drug-likeness (QED) is 0.469. The number of hydrogen-bond donors (Lipinski definition) is 1. The Bertz CT molecular complexity index is 501. The Kier molecular flexibility index (Phi) is 6.24. The van der Waals surface area contributed by atoms with Crippen LogP contribution in [0.1, 0.15) is 12.5 Å². The molecular formula is C14H18FNO3S2. The van der Waals surface area contributed by atoms with Crippen molar-refractivity contribution in [3.8, 4) is 0 Å². The molecule has 116 valence electrons. The molecule has 1 aromatic carbocycles. The average Bonchev–Trinajstić information content (AvgIpc) is 2.49. The van der Waals surface area contributed by atoms with Crippen LogP contribution in [0.25, 0.3) is 0 Å². The third-order valence-corrected chi connectivity index (χ3v) is 5.95. The molecule has 4 nitrogen and oxygen atoms in total. The molecule has 0 saturated carbocycles. The van der Waals surface area contributed by atoms with E-state index in [-0.39, 0.29) is 6.61 Å². The van der Waals surface area contributed by atoms with Crippen molar-refractivity contribution in [1.29, 1.82) is 0 Å². The Hall–Kier alpha value is -1.05.